The molecule has 0 bridgehead atoms. The Morgan fingerprint density at radius 1 is 0.815 bits per heavy atom. The van der Waals surface area contributed by atoms with Crippen molar-refractivity contribution in [1.82, 2.24) is 5.32 Å². The topological polar surface area (TPSA) is 45.7 Å². The smallest absolute Gasteiger partial charge is 0.275 e. The van der Waals surface area contributed by atoms with Crippen molar-refractivity contribution in [3.63, 3.8) is 0 Å². The lowest BCUT2D eigenvalue weighted by Gasteiger charge is -2.18. The quantitative estimate of drug-likeness (QED) is 0.666. The van der Waals surface area contributed by atoms with E-state index in [0.29, 0.717) is 6.54 Å². The fraction of sp³-hybridized carbons (Fsp3) is 0.208. The van der Waals surface area contributed by atoms with Crippen LogP contribution in [0.2, 0.25) is 0 Å². The van der Waals surface area contributed by atoms with Gasteiger partial charge in [-0.3, -0.25) is 4.79 Å². The van der Waals surface area contributed by atoms with E-state index in [1.807, 2.05) is 55.5 Å². The number of nitrogens with one attached hydrogen (secondary N) is 1. The molecule has 3 aromatic carbocycles. The maximum Gasteiger partial charge on any atom is 0.275 e. The highest BCUT2D eigenvalue weighted by atomic mass is 16.1. The predicted molar refractivity (Wildman–Crippen MR) is 109 cm³/mol. The van der Waals surface area contributed by atoms with Crippen molar-refractivity contribution in [2.75, 3.05) is 6.54 Å². The van der Waals surface area contributed by atoms with Gasteiger partial charge in [-0.25, -0.2) is 0 Å². The molecule has 0 fully saturated rings. The van der Waals surface area contributed by atoms with Crippen molar-refractivity contribution in [1.29, 1.82) is 0 Å². The average Bonchev–Trinajstić information content (AvgIpc) is 2.71. The number of quaternary nitrogens is 1. The number of benzene rings is 3. The Morgan fingerprint density at radius 3 is 1.93 bits per heavy atom. The molecule has 0 aliphatic carbocycles. The molecule has 0 unspecified atom stereocenters. The number of aryl methyl sites for hydroxylation is 1. The molecule has 0 saturated heterocycles. The van der Waals surface area contributed by atoms with Crippen LogP contribution in [0.15, 0.2) is 84.9 Å². The Balaban J connectivity index is 1.67. The molecule has 0 heterocycles. The van der Waals surface area contributed by atoms with Crippen molar-refractivity contribution in [2.24, 2.45) is 0 Å². The van der Waals surface area contributed by atoms with E-state index < -0.39 is 0 Å². The highest BCUT2D eigenvalue weighted by molar-refractivity contribution is 5.77. The lowest BCUT2D eigenvalue weighted by Crippen LogP contribution is -2.87. The van der Waals surface area contributed by atoms with Crippen LogP contribution < -0.4 is 10.6 Å². The van der Waals surface area contributed by atoms with Crippen molar-refractivity contribution in [3.8, 4) is 0 Å². The van der Waals surface area contributed by atoms with E-state index in [1.165, 1.54) is 16.7 Å². The van der Waals surface area contributed by atoms with Gasteiger partial charge in [-0.15, -0.1) is 0 Å². The van der Waals surface area contributed by atoms with E-state index in [0.717, 1.165) is 5.56 Å². The highest BCUT2D eigenvalue weighted by Crippen LogP contribution is 2.18. The van der Waals surface area contributed by atoms with Crippen LogP contribution in [0.25, 0.3) is 0 Å². The molecule has 0 radical (unpaired) electrons. The number of amides is 1. The molecule has 0 aliphatic heterocycles. The first-order chi connectivity index (χ1) is 13.1. The van der Waals surface area contributed by atoms with Crippen molar-refractivity contribution in [2.45, 2.75) is 25.9 Å². The summed E-state index contributed by atoms with van der Waals surface area (Å²) in [6.45, 7) is 4.48. The standard InChI is InChI=1S/C24H26N2O/c1-18-13-15-22(16-14-18)24(21-11-7-4-8-12-21)25-17-23(27)26-19(2)20-9-5-3-6-10-20/h3-16,19,24-25H,17H2,1-2H3,(H,26,27)/p+1/t19-,24+/m0/s1. The molecule has 3 heteroatoms. The van der Waals surface area contributed by atoms with Crippen LogP contribution in [0, 0.1) is 6.92 Å². The number of carbonyl (C=O) groups is 1. The number of nitrogens with two attached hydrogens (primary N) is 1. The number of carbonyl (C=O) groups excluding carboxylic acids is 1. The molecule has 2 atom stereocenters. The van der Waals surface area contributed by atoms with Crippen LogP contribution in [0.5, 0.6) is 0 Å². The third-order valence-electron chi connectivity index (χ3n) is 4.81. The van der Waals surface area contributed by atoms with Gasteiger partial charge in [0, 0.05) is 11.1 Å². The monoisotopic (exact) mass is 359 g/mol. The van der Waals surface area contributed by atoms with Crippen molar-refractivity contribution < 1.29 is 10.1 Å². The van der Waals surface area contributed by atoms with Crippen LogP contribution in [0.4, 0.5) is 0 Å². The minimum Gasteiger partial charge on any atom is -0.345 e. The summed E-state index contributed by atoms with van der Waals surface area (Å²) in [5.74, 6) is 0.0411. The largest absolute Gasteiger partial charge is 0.345 e. The van der Waals surface area contributed by atoms with Crippen LogP contribution in [-0.2, 0) is 4.79 Å². The van der Waals surface area contributed by atoms with E-state index in [9.17, 15) is 4.79 Å². The predicted octanol–water partition coefficient (Wildman–Crippen LogP) is 3.53. The molecule has 3 aromatic rings. The first-order valence-electron chi connectivity index (χ1n) is 9.42. The van der Waals surface area contributed by atoms with Gasteiger partial charge in [-0.05, 0) is 19.4 Å². The molecule has 3 rings (SSSR count). The van der Waals surface area contributed by atoms with Gasteiger partial charge in [-0.2, -0.15) is 0 Å². The normalized spacial score (nSPS) is 13.0. The average molecular weight is 359 g/mol. The molecule has 27 heavy (non-hydrogen) atoms. The SMILES string of the molecule is Cc1ccc([C@H]([NH2+]CC(=O)N[C@@H](C)c2ccccc2)c2ccccc2)cc1. The summed E-state index contributed by atoms with van der Waals surface area (Å²) in [5.41, 5.74) is 4.75. The molecule has 0 saturated carbocycles. The summed E-state index contributed by atoms with van der Waals surface area (Å²) in [4.78, 5) is 12.5. The second-order valence-electron chi connectivity index (χ2n) is 6.94. The zero-order valence-corrected chi connectivity index (χ0v) is 15.9. The maximum absolute atomic E-state index is 12.5. The minimum absolute atomic E-state index is 0.00153. The molecule has 3 N–H and O–H groups in total. The van der Waals surface area contributed by atoms with Crippen molar-refractivity contribution >= 4 is 5.91 Å². The number of hydrogen-bond donors (Lipinski definition) is 2. The first-order valence-corrected chi connectivity index (χ1v) is 9.42. The third kappa shape index (κ3) is 5.28. The Kier molecular flexibility index (Phi) is 6.39. The van der Waals surface area contributed by atoms with Gasteiger partial charge >= 0.3 is 0 Å². The Bertz CT molecular complexity index is 845. The molecular formula is C24H27N2O+. The van der Waals surface area contributed by atoms with Crippen LogP contribution >= 0.6 is 0 Å². The second-order valence-corrected chi connectivity index (χ2v) is 6.94. The highest BCUT2D eigenvalue weighted by Gasteiger charge is 2.19. The zero-order chi connectivity index (χ0) is 19.1. The van der Waals surface area contributed by atoms with Crippen LogP contribution in [0.1, 0.15) is 41.3 Å². The number of rotatable bonds is 7. The van der Waals surface area contributed by atoms with Crippen LogP contribution in [-0.4, -0.2) is 12.5 Å². The molecule has 0 aromatic heterocycles. The second kappa shape index (κ2) is 9.15. The van der Waals surface area contributed by atoms with Gasteiger partial charge in [0.05, 0.1) is 6.04 Å². The van der Waals surface area contributed by atoms with E-state index in [4.69, 9.17) is 0 Å². The van der Waals surface area contributed by atoms with Gasteiger partial charge in [-0.1, -0.05) is 90.5 Å². The number of hydrogen-bond acceptors (Lipinski definition) is 1. The molecule has 1 amide bonds. The Morgan fingerprint density at radius 2 is 1.33 bits per heavy atom. The summed E-state index contributed by atoms with van der Waals surface area (Å²) in [7, 11) is 0. The van der Waals surface area contributed by atoms with E-state index in [-0.39, 0.29) is 18.0 Å². The summed E-state index contributed by atoms with van der Waals surface area (Å²) in [6.07, 6.45) is 0. The van der Waals surface area contributed by atoms with Gasteiger partial charge in [0.1, 0.15) is 6.04 Å². The van der Waals surface area contributed by atoms with E-state index in [1.54, 1.807) is 0 Å². The van der Waals surface area contributed by atoms with Gasteiger partial charge < -0.3 is 10.6 Å². The molecule has 3 nitrogen and oxygen atoms in total. The molecule has 0 aliphatic rings. The lowest BCUT2D eigenvalue weighted by atomic mass is 9.98. The van der Waals surface area contributed by atoms with Crippen LogP contribution in [0.3, 0.4) is 0 Å². The molecule has 0 spiro atoms. The molecular weight excluding hydrogens is 332 g/mol. The van der Waals surface area contributed by atoms with Crippen molar-refractivity contribution in [3.05, 3.63) is 107 Å². The van der Waals surface area contributed by atoms with E-state index in [2.05, 4.69) is 54.0 Å². The molecule has 138 valence electrons. The fourth-order valence-electron chi connectivity index (χ4n) is 3.25. The summed E-state index contributed by atoms with van der Waals surface area (Å²) < 4.78 is 0. The summed E-state index contributed by atoms with van der Waals surface area (Å²) in [5, 5.41) is 5.20. The van der Waals surface area contributed by atoms with Gasteiger partial charge in [0.2, 0.25) is 0 Å². The lowest BCUT2D eigenvalue weighted by molar-refractivity contribution is -0.676. The summed E-state index contributed by atoms with van der Waals surface area (Å²) in [6, 6.07) is 29.0. The van der Waals surface area contributed by atoms with Gasteiger partial charge in [0.25, 0.3) is 5.91 Å². The maximum atomic E-state index is 12.5. The Labute approximate surface area is 161 Å². The minimum atomic E-state index is 0.00153. The Hall–Kier alpha value is -2.91. The van der Waals surface area contributed by atoms with Gasteiger partial charge in [0.15, 0.2) is 6.54 Å². The first kappa shape index (κ1) is 18.9. The zero-order valence-electron chi connectivity index (χ0n) is 15.9. The third-order valence-corrected chi connectivity index (χ3v) is 4.81. The van der Waals surface area contributed by atoms with E-state index >= 15 is 0 Å². The summed E-state index contributed by atoms with van der Waals surface area (Å²) >= 11 is 0. The fourth-order valence-corrected chi connectivity index (χ4v) is 3.25.